The minimum Gasteiger partial charge on any atom is -0.469 e. The third-order valence-corrected chi connectivity index (χ3v) is 3.99. The second-order valence-corrected chi connectivity index (χ2v) is 5.92. The van der Waals surface area contributed by atoms with Gasteiger partial charge < -0.3 is 9.47 Å². The van der Waals surface area contributed by atoms with Gasteiger partial charge in [0.25, 0.3) is 0 Å². The van der Waals surface area contributed by atoms with Crippen molar-refractivity contribution in [1.82, 2.24) is 0 Å². The van der Waals surface area contributed by atoms with Gasteiger partial charge >= 0.3 is 5.97 Å². The molecule has 0 aliphatic carbocycles. The number of carbonyl (C=O) groups is 1. The number of hydrogen-bond acceptors (Lipinski definition) is 3. The molecule has 1 heterocycles. The first kappa shape index (κ1) is 19.0. The molecule has 0 bridgehead atoms. The fourth-order valence-corrected chi connectivity index (χ4v) is 2.56. The highest BCUT2D eigenvalue weighted by Gasteiger charge is 2.36. The first-order valence-corrected chi connectivity index (χ1v) is 8.80. The average molecular weight is 310 g/mol. The predicted molar refractivity (Wildman–Crippen MR) is 90.8 cm³/mol. The summed E-state index contributed by atoms with van der Waals surface area (Å²) in [6, 6.07) is 0. The lowest BCUT2D eigenvalue weighted by Gasteiger charge is -2.00. The monoisotopic (exact) mass is 310 g/mol. The van der Waals surface area contributed by atoms with Crippen LogP contribution >= 0.6 is 0 Å². The Hall–Kier alpha value is -1.09. The number of esters is 1. The van der Waals surface area contributed by atoms with Crippen LogP contribution in [0.25, 0.3) is 0 Å². The van der Waals surface area contributed by atoms with Crippen LogP contribution in [0.2, 0.25) is 0 Å². The number of unbranched alkanes of at least 4 members (excludes halogenated alkanes) is 4. The van der Waals surface area contributed by atoms with Gasteiger partial charge in [-0.05, 0) is 32.1 Å². The van der Waals surface area contributed by atoms with E-state index in [0.29, 0.717) is 18.6 Å². The molecule has 0 saturated carbocycles. The molecule has 1 saturated heterocycles. The molecule has 0 aromatic heterocycles. The molecule has 1 rings (SSSR count). The van der Waals surface area contributed by atoms with E-state index in [2.05, 4.69) is 36.0 Å². The van der Waals surface area contributed by atoms with Crippen LogP contribution in [0.5, 0.6) is 0 Å². The van der Waals surface area contributed by atoms with E-state index in [4.69, 9.17) is 4.74 Å². The summed E-state index contributed by atoms with van der Waals surface area (Å²) < 4.78 is 10.3. The highest BCUT2D eigenvalue weighted by molar-refractivity contribution is 5.68. The van der Waals surface area contributed by atoms with Gasteiger partial charge in [-0.25, -0.2) is 0 Å². The fourth-order valence-electron chi connectivity index (χ4n) is 2.56. The molecule has 0 aromatic rings. The Bertz CT molecular complexity index is 347. The van der Waals surface area contributed by atoms with Gasteiger partial charge in [-0.1, -0.05) is 56.9 Å². The molecule has 1 aliphatic heterocycles. The molecule has 3 heteroatoms. The van der Waals surface area contributed by atoms with Crippen molar-refractivity contribution in [3.63, 3.8) is 0 Å². The number of hydrogen-bond donors (Lipinski definition) is 0. The van der Waals surface area contributed by atoms with E-state index in [1.54, 1.807) is 0 Å². The molecule has 0 spiro atoms. The Morgan fingerprint density at radius 2 is 1.73 bits per heavy atom. The zero-order valence-corrected chi connectivity index (χ0v) is 14.3. The molecule has 2 unspecified atom stereocenters. The van der Waals surface area contributed by atoms with E-state index in [1.165, 1.54) is 32.8 Å². The van der Waals surface area contributed by atoms with Gasteiger partial charge in [0.05, 0.1) is 19.3 Å². The van der Waals surface area contributed by atoms with Crippen LogP contribution < -0.4 is 0 Å². The van der Waals surface area contributed by atoms with Gasteiger partial charge in [-0.2, -0.15) is 0 Å². The second kappa shape index (κ2) is 12.5. The van der Waals surface area contributed by atoms with E-state index in [1.807, 2.05) is 0 Å². The van der Waals surface area contributed by atoms with Crippen molar-refractivity contribution in [1.29, 1.82) is 0 Å². The quantitative estimate of drug-likeness (QED) is 0.159. The number of carbonyl (C=O) groups excluding carboxylic acids is 1. The van der Waals surface area contributed by atoms with Gasteiger partial charge in [-0.3, -0.25) is 4.79 Å². The van der Waals surface area contributed by atoms with Crippen molar-refractivity contribution in [3.8, 4) is 0 Å². The van der Waals surface area contributed by atoms with E-state index in [-0.39, 0.29) is 5.97 Å². The summed E-state index contributed by atoms with van der Waals surface area (Å²) in [6.07, 6.45) is 20.6. The van der Waals surface area contributed by atoms with Crippen molar-refractivity contribution in [2.45, 2.75) is 83.3 Å². The number of ether oxygens (including phenoxy) is 2. The van der Waals surface area contributed by atoms with E-state index in [9.17, 15) is 4.79 Å². The smallest absolute Gasteiger partial charge is 0.305 e. The molecular formula is C19H32O3. The molecule has 0 amide bonds. The van der Waals surface area contributed by atoms with Crippen LogP contribution in [0.1, 0.15) is 71.1 Å². The molecule has 0 aromatic carbocycles. The largest absolute Gasteiger partial charge is 0.469 e. The predicted octanol–water partition coefficient (Wildman–Crippen LogP) is 4.96. The Labute approximate surface area is 135 Å². The van der Waals surface area contributed by atoms with Crippen molar-refractivity contribution in [2.24, 2.45) is 0 Å². The van der Waals surface area contributed by atoms with Crippen LogP contribution in [0.4, 0.5) is 0 Å². The topological polar surface area (TPSA) is 38.8 Å². The fraction of sp³-hybridized carbons (Fsp3) is 0.737. The molecule has 126 valence electrons. The molecule has 22 heavy (non-hydrogen) atoms. The zero-order chi connectivity index (χ0) is 16.0. The highest BCUT2D eigenvalue weighted by atomic mass is 18.4. The maximum atomic E-state index is 10.9. The van der Waals surface area contributed by atoms with Crippen molar-refractivity contribution in [2.75, 3.05) is 7.11 Å². The summed E-state index contributed by atoms with van der Waals surface area (Å²) >= 11 is 0. The summed E-state index contributed by atoms with van der Waals surface area (Å²) in [5.74, 6) is -0.0903. The molecule has 0 radical (unpaired) electrons. The Morgan fingerprint density at radius 3 is 2.50 bits per heavy atom. The molecular weight excluding hydrogens is 278 g/mol. The first-order chi connectivity index (χ1) is 10.8. The lowest BCUT2D eigenvalue weighted by atomic mass is 10.1. The van der Waals surface area contributed by atoms with Crippen LogP contribution in [0.15, 0.2) is 24.3 Å². The standard InChI is InChI=1S/C19H32O3/c1-3-4-5-6-8-11-14-17-18(22-17)15-12-9-7-10-13-16-19(20)21-2/h4-5,8,11,17-18H,3,6-7,9-10,12-16H2,1-2H3/b5-4-,11-8-/i22+2. The Morgan fingerprint density at radius 1 is 1.00 bits per heavy atom. The molecule has 1 fully saturated rings. The highest BCUT2D eigenvalue weighted by Crippen LogP contribution is 2.30. The molecule has 1 aliphatic rings. The van der Waals surface area contributed by atoms with Gasteiger partial charge in [0.2, 0.25) is 0 Å². The second-order valence-electron chi connectivity index (χ2n) is 5.92. The first-order valence-electron chi connectivity index (χ1n) is 8.80. The molecule has 2 atom stereocenters. The SMILES string of the molecule is CC/C=C\C/C=C\CC1[18O]C1CCCCCCCC(=O)OC. The summed E-state index contributed by atoms with van der Waals surface area (Å²) in [5, 5.41) is 0. The van der Waals surface area contributed by atoms with Crippen LogP contribution in [-0.4, -0.2) is 25.3 Å². The summed E-state index contributed by atoms with van der Waals surface area (Å²) in [6.45, 7) is 2.15. The summed E-state index contributed by atoms with van der Waals surface area (Å²) in [7, 11) is 1.45. The number of epoxide rings is 1. The number of rotatable bonds is 13. The minimum absolute atomic E-state index is 0.0903. The molecule has 3 nitrogen and oxygen atoms in total. The summed E-state index contributed by atoms with van der Waals surface area (Å²) in [4.78, 5) is 10.9. The van der Waals surface area contributed by atoms with Crippen LogP contribution in [0.3, 0.4) is 0 Å². The third-order valence-electron chi connectivity index (χ3n) is 3.99. The van der Waals surface area contributed by atoms with E-state index in [0.717, 1.165) is 32.1 Å². The van der Waals surface area contributed by atoms with Gasteiger partial charge in [0.15, 0.2) is 0 Å². The zero-order valence-electron chi connectivity index (χ0n) is 14.3. The average Bonchev–Trinajstić information content (AvgIpc) is 3.28. The maximum Gasteiger partial charge on any atom is 0.305 e. The minimum atomic E-state index is -0.0903. The summed E-state index contributed by atoms with van der Waals surface area (Å²) in [5.41, 5.74) is 0. The van der Waals surface area contributed by atoms with E-state index < -0.39 is 0 Å². The van der Waals surface area contributed by atoms with Crippen molar-refractivity contribution >= 4 is 5.97 Å². The van der Waals surface area contributed by atoms with E-state index >= 15 is 0 Å². The lowest BCUT2D eigenvalue weighted by molar-refractivity contribution is -0.140. The normalized spacial score (nSPS) is 20.8. The number of methoxy groups -OCH3 is 1. The van der Waals surface area contributed by atoms with Crippen molar-refractivity contribution in [3.05, 3.63) is 24.3 Å². The van der Waals surface area contributed by atoms with Gasteiger partial charge in [0, 0.05) is 6.42 Å². The third kappa shape index (κ3) is 9.78. The lowest BCUT2D eigenvalue weighted by Crippen LogP contribution is -1.99. The van der Waals surface area contributed by atoms with Crippen molar-refractivity contribution < 1.29 is 14.3 Å². The maximum absolute atomic E-state index is 10.9. The van der Waals surface area contributed by atoms with Crippen LogP contribution in [-0.2, 0) is 14.3 Å². The van der Waals surface area contributed by atoms with Gasteiger partial charge in [0.1, 0.15) is 0 Å². The Balaban J connectivity index is 1.85. The van der Waals surface area contributed by atoms with Gasteiger partial charge in [-0.15, -0.1) is 0 Å². The number of allylic oxidation sites excluding steroid dienone is 3. The molecule has 0 N–H and O–H groups in total. The Kier molecular flexibility index (Phi) is 10.7. The van der Waals surface area contributed by atoms with Crippen LogP contribution in [0, 0.1) is 0 Å².